The molecule has 0 fully saturated rings. The number of aryl methyl sites for hydroxylation is 1. The summed E-state index contributed by atoms with van der Waals surface area (Å²) in [6, 6.07) is 11.9. The van der Waals surface area contributed by atoms with Crippen LogP contribution in [-0.2, 0) is 6.42 Å². The number of aliphatic hydroxyl groups excluding tert-OH is 1. The lowest BCUT2D eigenvalue weighted by Gasteiger charge is -2.10. The zero-order chi connectivity index (χ0) is 10.7. The van der Waals surface area contributed by atoms with Crippen molar-refractivity contribution in [1.82, 2.24) is 0 Å². The van der Waals surface area contributed by atoms with Gasteiger partial charge in [0.05, 0.1) is 0 Å². The summed E-state index contributed by atoms with van der Waals surface area (Å²) in [5, 5.41) is 12.2. The van der Waals surface area contributed by atoms with E-state index in [0.29, 0.717) is 0 Å². The molecule has 1 unspecified atom stereocenters. The van der Waals surface area contributed by atoms with Crippen molar-refractivity contribution in [3.63, 3.8) is 0 Å². The van der Waals surface area contributed by atoms with Crippen LogP contribution in [0, 0.1) is 0 Å². The summed E-state index contributed by atoms with van der Waals surface area (Å²) >= 11 is 1.63. The smallest absolute Gasteiger partial charge is 0.113 e. The quantitative estimate of drug-likeness (QED) is 0.837. The van der Waals surface area contributed by atoms with Crippen molar-refractivity contribution in [2.24, 2.45) is 0 Å². The molecule has 0 saturated carbocycles. The minimum absolute atomic E-state index is 0.471. The molecule has 0 bridgehead atoms. The molecule has 78 valence electrons. The van der Waals surface area contributed by atoms with Crippen LogP contribution in [0.15, 0.2) is 41.8 Å². The molecule has 0 aliphatic rings. The molecule has 2 heteroatoms. The van der Waals surface area contributed by atoms with Gasteiger partial charge in [0.2, 0.25) is 0 Å². The van der Waals surface area contributed by atoms with E-state index in [9.17, 15) is 5.11 Å². The van der Waals surface area contributed by atoms with Crippen molar-refractivity contribution >= 4 is 11.3 Å². The van der Waals surface area contributed by atoms with Crippen LogP contribution in [0.1, 0.15) is 29.0 Å². The van der Waals surface area contributed by atoms with E-state index in [2.05, 4.69) is 13.0 Å². The number of benzene rings is 1. The summed E-state index contributed by atoms with van der Waals surface area (Å²) in [7, 11) is 0. The molecule has 0 aliphatic carbocycles. The van der Waals surface area contributed by atoms with Gasteiger partial charge in [-0.05, 0) is 29.0 Å². The second kappa shape index (κ2) is 4.60. The Morgan fingerprint density at radius 2 is 1.93 bits per heavy atom. The van der Waals surface area contributed by atoms with E-state index in [1.807, 2.05) is 35.7 Å². The van der Waals surface area contributed by atoms with Crippen LogP contribution < -0.4 is 0 Å². The van der Waals surface area contributed by atoms with Crippen LogP contribution in [-0.4, -0.2) is 5.11 Å². The zero-order valence-corrected chi connectivity index (χ0v) is 9.50. The van der Waals surface area contributed by atoms with E-state index in [1.165, 1.54) is 5.56 Å². The van der Waals surface area contributed by atoms with Crippen LogP contribution in [0.3, 0.4) is 0 Å². The Morgan fingerprint density at radius 3 is 2.60 bits per heavy atom. The molecule has 0 amide bonds. The van der Waals surface area contributed by atoms with Gasteiger partial charge in [0.1, 0.15) is 6.10 Å². The predicted molar refractivity (Wildman–Crippen MR) is 64.2 cm³/mol. The van der Waals surface area contributed by atoms with Gasteiger partial charge in [-0.2, -0.15) is 0 Å². The summed E-state index contributed by atoms with van der Waals surface area (Å²) in [6.45, 7) is 2.11. The lowest BCUT2D eigenvalue weighted by molar-refractivity contribution is 0.223. The topological polar surface area (TPSA) is 20.2 Å². The van der Waals surface area contributed by atoms with Crippen LogP contribution in [0.2, 0.25) is 0 Å². The van der Waals surface area contributed by atoms with Crippen LogP contribution in [0.25, 0.3) is 0 Å². The van der Waals surface area contributed by atoms with E-state index >= 15 is 0 Å². The van der Waals surface area contributed by atoms with E-state index in [-0.39, 0.29) is 0 Å². The molecule has 0 radical (unpaired) electrons. The Labute approximate surface area is 94.0 Å². The molecule has 1 nitrogen and oxygen atoms in total. The largest absolute Gasteiger partial charge is 0.383 e. The third-order valence-electron chi connectivity index (χ3n) is 2.53. The molecule has 1 heterocycles. The molecule has 0 spiro atoms. The highest BCUT2D eigenvalue weighted by Gasteiger charge is 2.14. The lowest BCUT2D eigenvalue weighted by atomic mass is 10.0. The highest BCUT2D eigenvalue weighted by molar-refractivity contribution is 7.10. The highest BCUT2D eigenvalue weighted by Crippen LogP contribution is 2.29. The van der Waals surface area contributed by atoms with Crippen molar-refractivity contribution < 1.29 is 5.11 Å². The van der Waals surface area contributed by atoms with Crippen molar-refractivity contribution in [3.05, 3.63) is 57.8 Å². The summed E-state index contributed by atoms with van der Waals surface area (Å²) < 4.78 is 0. The molecule has 1 atom stereocenters. The molecule has 0 saturated heterocycles. The summed E-state index contributed by atoms with van der Waals surface area (Å²) in [5.41, 5.74) is 2.21. The molecule has 1 aromatic heterocycles. The van der Waals surface area contributed by atoms with Gasteiger partial charge in [-0.25, -0.2) is 0 Å². The van der Waals surface area contributed by atoms with E-state index in [0.717, 1.165) is 16.9 Å². The first-order valence-electron chi connectivity index (χ1n) is 5.12. The van der Waals surface area contributed by atoms with Gasteiger partial charge in [-0.3, -0.25) is 0 Å². The normalized spacial score (nSPS) is 12.7. The minimum Gasteiger partial charge on any atom is -0.383 e. The van der Waals surface area contributed by atoms with Crippen molar-refractivity contribution in [2.75, 3.05) is 0 Å². The molecule has 2 rings (SSSR count). The predicted octanol–water partition coefficient (Wildman–Crippen LogP) is 3.39. The second-order valence-electron chi connectivity index (χ2n) is 3.48. The van der Waals surface area contributed by atoms with Crippen molar-refractivity contribution in [2.45, 2.75) is 19.4 Å². The number of hydrogen-bond donors (Lipinski definition) is 1. The highest BCUT2D eigenvalue weighted by atomic mass is 32.1. The minimum atomic E-state index is -0.471. The van der Waals surface area contributed by atoms with E-state index < -0.39 is 6.10 Å². The standard InChI is InChI=1S/C13H14OS/c1-2-10-8-9-15-13(10)12(14)11-6-4-3-5-7-11/h3-9,12,14H,2H2,1H3. The fourth-order valence-electron chi connectivity index (χ4n) is 1.67. The zero-order valence-electron chi connectivity index (χ0n) is 8.68. The number of thiophene rings is 1. The van der Waals surface area contributed by atoms with Crippen LogP contribution >= 0.6 is 11.3 Å². The number of aliphatic hydroxyl groups is 1. The Balaban J connectivity index is 2.32. The van der Waals surface area contributed by atoms with Gasteiger partial charge in [0.25, 0.3) is 0 Å². The van der Waals surface area contributed by atoms with Gasteiger partial charge in [0, 0.05) is 4.88 Å². The first kappa shape index (κ1) is 10.4. The monoisotopic (exact) mass is 218 g/mol. The van der Waals surface area contributed by atoms with E-state index in [4.69, 9.17) is 0 Å². The number of hydrogen-bond acceptors (Lipinski definition) is 2. The molecular weight excluding hydrogens is 204 g/mol. The first-order valence-corrected chi connectivity index (χ1v) is 6.00. The molecule has 0 aliphatic heterocycles. The average Bonchev–Trinajstić information content (AvgIpc) is 2.77. The maximum Gasteiger partial charge on any atom is 0.113 e. The maximum atomic E-state index is 10.2. The Hall–Kier alpha value is -1.12. The average molecular weight is 218 g/mol. The Morgan fingerprint density at radius 1 is 1.20 bits per heavy atom. The van der Waals surface area contributed by atoms with Gasteiger partial charge < -0.3 is 5.11 Å². The molecule has 1 aromatic carbocycles. The Kier molecular flexibility index (Phi) is 3.19. The van der Waals surface area contributed by atoms with Gasteiger partial charge in [0.15, 0.2) is 0 Å². The molecule has 15 heavy (non-hydrogen) atoms. The lowest BCUT2D eigenvalue weighted by Crippen LogP contribution is -1.99. The van der Waals surface area contributed by atoms with Gasteiger partial charge in [-0.1, -0.05) is 37.3 Å². The maximum absolute atomic E-state index is 10.2. The van der Waals surface area contributed by atoms with E-state index in [1.54, 1.807) is 11.3 Å². The molecule has 2 aromatic rings. The van der Waals surface area contributed by atoms with Gasteiger partial charge >= 0.3 is 0 Å². The van der Waals surface area contributed by atoms with Crippen LogP contribution in [0.5, 0.6) is 0 Å². The van der Waals surface area contributed by atoms with Gasteiger partial charge in [-0.15, -0.1) is 11.3 Å². The van der Waals surface area contributed by atoms with Crippen molar-refractivity contribution in [3.8, 4) is 0 Å². The second-order valence-corrected chi connectivity index (χ2v) is 4.42. The SMILES string of the molecule is CCc1ccsc1C(O)c1ccccc1. The third kappa shape index (κ3) is 2.11. The summed E-state index contributed by atoms with van der Waals surface area (Å²) in [4.78, 5) is 1.07. The van der Waals surface area contributed by atoms with Crippen molar-refractivity contribution in [1.29, 1.82) is 0 Å². The Bertz CT molecular complexity index is 419. The molecule has 1 N–H and O–H groups in total. The summed E-state index contributed by atoms with van der Waals surface area (Å²) in [6.07, 6.45) is 0.504. The first-order chi connectivity index (χ1) is 7.33. The fraction of sp³-hybridized carbons (Fsp3) is 0.231. The number of rotatable bonds is 3. The molecular formula is C13H14OS. The van der Waals surface area contributed by atoms with Crippen LogP contribution in [0.4, 0.5) is 0 Å². The fourth-order valence-corrected chi connectivity index (χ4v) is 2.67. The summed E-state index contributed by atoms with van der Waals surface area (Å²) in [5.74, 6) is 0. The third-order valence-corrected chi connectivity index (χ3v) is 3.54.